The fraction of sp³-hybridized carbons (Fsp3) is 0.235. The summed E-state index contributed by atoms with van der Waals surface area (Å²) in [5.41, 5.74) is 0.626. The number of carbonyl (C=O) groups is 1. The number of carbonyl (C=O) groups excluding carboxylic acids is 1. The van der Waals surface area contributed by atoms with Crippen LogP contribution in [0.4, 0.5) is 13.2 Å². The zero-order valence-electron chi connectivity index (χ0n) is 13.1. The molecule has 0 aliphatic heterocycles. The van der Waals surface area contributed by atoms with Crippen LogP contribution in [0.3, 0.4) is 0 Å². The summed E-state index contributed by atoms with van der Waals surface area (Å²) in [6.45, 7) is 1.47. The molecule has 2 aromatic rings. The smallest absolute Gasteiger partial charge is 0.482 e. The minimum absolute atomic E-state index is 0.233. The number of hydrogen-bond donors (Lipinski definition) is 1. The number of para-hydroxylation sites is 1. The summed E-state index contributed by atoms with van der Waals surface area (Å²) in [5.74, 6) is -0.319. The predicted molar refractivity (Wildman–Crippen MR) is 86.6 cm³/mol. The van der Waals surface area contributed by atoms with Gasteiger partial charge < -0.3 is 14.8 Å². The minimum Gasteiger partial charge on any atom is -0.482 e. The second-order valence-corrected chi connectivity index (χ2v) is 5.53. The molecule has 1 atom stereocenters. The van der Waals surface area contributed by atoms with E-state index in [-0.39, 0.29) is 18.3 Å². The maximum Gasteiger partial charge on any atom is 0.573 e. The van der Waals surface area contributed by atoms with Crippen LogP contribution in [0, 0.1) is 0 Å². The molecule has 0 heterocycles. The lowest BCUT2D eigenvalue weighted by Crippen LogP contribution is -2.31. The molecule has 134 valence electrons. The Balaban J connectivity index is 1.87. The topological polar surface area (TPSA) is 47.6 Å². The normalized spacial score (nSPS) is 12.4. The predicted octanol–water partition coefficient (Wildman–Crippen LogP) is 4.49. The van der Waals surface area contributed by atoms with Gasteiger partial charge in [0, 0.05) is 0 Å². The monoisotopic (exact) mass is 373 g/mol. The highest BCUT2D eigenvalue weighted by Crippen LogP contribution is 2.25. The van der Waals surface area contributed by atoms with Crippen molar-refractivity contribution in [3.63, 3.8) is 0 Å². The summed E-state index contributed by atoms with van der Waals surface area (Å²) >= 11 is 5.92. The molecular formula is C17H15ClF3NO3. The molecule has 25 heavy (non-hydrogen) atoms. The van der Waals surface area contributed by atoms with Crippen molar-refractivity contribution < 1.29 is 27.4 Å². The van der Waals surface area contributed by atoms with Crippen molar-refractivity contribution in [1.29, 1.82) is 0 Å². The van der Waals surface area contributed by atoms with Crippen LogP contribution in [0.1, 0.15) is 18.5 Å². The third kappa shape index (κ3) is 6.19. The molecular weight excluding hydrogens is 359 g/mol. The molecule has 0 spiro atoms. The third-order valence-corrected chi connectivity index (χ3v) is 3.50. The van der Waals surface area contributed by atoms with Gasteiger partial charge in [-0.2, -0.15) is 0 Å². The number of hydrogen-bond acceptors (Lipinski definition) is 3. The molecule has 2 rings (SSSR count). The lowest BCUT2D eigenvalue weighted by molar-refractivity contribution is -0.274. The molecule has 0 fully saturated rings. The van der Waals surface area contributed by atoms with Crippen LogP contribution in [0.15, 0.2) is 48.5 Å². The second-order valence-electron chi connectivity index (χ2n) is 5.13. The number of amides is 1. The lowest BCUT2D eigenvalue weighted by Gasteiger charge is -2.16. The Bertz CT molecular complexity index is 720. The number of alkyl halides is 3. The molecule has 0 radical (unpaired) electrons. The Morgan fingerprint density at radius 3 is 2.40 bits per heavy atom. The number of nitrogens with one attached hydrogen (secondary N) is 1. The van der Waals surface area contributed by atoms with Gasteiger partial charge in [-0.25, -0.2) is 0 Å². The Hall–Kier alpha value is -2.41. The van der Waals surface area contributed by atoms with Gasteiger partial charge in [0.2, 0.25) is 0 Å². The molecule has 0 aliphatic carbocycles. The summed E-state index contributed by atoms with van der Waals surface area (Å²) in [4.78, 5) is 11.9. The standard InChI is InChI=1S/C17H15ClF3NO3/c1-11(12-6-8-13(9-7-12)25-17(19,20)21)22-16(23)10-24-15-5-3-2-4-14(15)18/h2-9,11H,10H2,1H3,(H,22,23). The van der Waals surface area contributed by atoms with Crippen molar-refractivity contribution >= 4 is 17.5 Å². The van der Waals surface area contributed by atoms with E-state index in [2.05, 4.69) is 10.1 Å². The van der Waals surface area contributed by atoms with Gasteiger partial charge in [0.1, 0.15) is 11.5 Å². The summed E-state index contributed by atoms with van der Waals surface area (Å²) in [6.07, 6.45) is -4.74. The molecule has 1 N–H and O–H groups in total. The number of rotatable bonds is 6. The molecule has 0 saturated heterocycles. The molecule has 2 aromatic carbocycles. The largest absolute Gasteiger partial charge is 0.573 e. The summed E-state index contributed by atoms with van der Waals surface area (Å²) < 4.78 is 45.5. The summed E-state index contributed by atoms with van der Waals surface area (Å²) in [5, 5.41) is 3.08. The van der Waals surface area contributed by atoms with E-state index in [4.69, 9.17) is 16.3 Å². The van der Waals surface area contributed by atoms with Crippen LogP contribution < -0.4 is 14.8 Å². The van der Waals surface area contributed by atoms with Gasteiger partial charge in [0.25, 0.3) is 5.91 Å². The molecule has 0 aromatic heterocycles. The van der Waals surface area contributed by atoms with Crippen LogP contribution >= 0.6 is 11.6 Å². The van der Waals surface area contributed by atoms with Crippen LogP contribution in [0.5, 0.6) is 11.5 Å². The maximum atomic E-state index is 12.1. The first-order valence-electron chi connectivity index (χ1n) is 7.27. The zero-order valence-corrected chi connectivity index (χ0v) is 13.9. The van der Waals surface area contributed by atoms with Crippen LogP contribution in [-0.2, 0) is 4.79 Å². The first kappa shape index (κ1) is 18.9. The van der Waals surface area contributed by atoms with Gasteiger partial charge in [0.05, 0.1) is 11.1 Å². The molecule has 0 aliphatic rings. The van der Waals surface area contributed by atoms with Crippen molar-refractivity contribution in [2.75, 3.05) is 6.61 Å². The number of benzene rings is 2. The highest BCUT2D eigenvalue weighted by molar-refractivity contribution is 6.32. The minimum atomic E-state index is -4.74. The fourth-order valence-corrected chi connectivity index (χ4v) is 2.22. The quantitative estimate of drug-likeness (QED) is 0.811. The Morgan fingerprint density at radius 1 is 1.16 bits per heavy atom. The third-order valence-electron chi connectivity index (χ3n) is 3.19. The molecule has 1 unspecified atom stereocenters. The Morgan fingerprint density at radius 2 is 1.80 bits per heavy atom. The van der Waals surface area contributed by atoms with Gasteiger partial charge in [-0.1, -0.05) is 35.9 Å². The average Bonchev–Trinajstić information content (AvgIpc) is 2.53. The number of ether oxygens (including phenoxy) is 2. The van der Waals surface area contributed by atoms with E-state index in [0.29, 0.717) is 16.3 Å². The van der Waals surface area contributed by atoms with E-state index >= 15 is 0 Å². The van der Waals surface area contributed by atoms with Crippen molar-refractivity contribution in [2.24, 2.45) is 0 Å². The average molecular weight is 374 g/mol. The van der Waals surface area contributed by atoms with Gasteiger partial charge in [0.15, 0.2) is 6.61 Å². The van der Waals surface area contributed by atoms with Crippen molar-refractivity contribution in [2.45, 2.75) is 19.3 Å². The van der Waals surface area contributed by atoms with E-state index in [9.17, 15) is 18.0 Å². The van der Waals surface area contributed by atoms with E-state index < -0.39 is 12.4 Å². The first-order chi connectivity index (χ1) is 11.7. The van der Waals surface area contributed by atoms with E-state index in [1.54, 1.807) is 31.2 Å². The summed E-state index contributed by atoms with van der Waals surface area (Å²) in [6, 6.07) is 11.6. The van der Waals surface area contributed by atoms with Crippen molar-refractivity contribution in [3.8, 4) is 11.5 Å². The molecule has 4 nitrogen and oxygen atoms in total. The molecule has 0 saturated carbocycles. The van der Waals surface area contributed by atoms with E-state index in [1.807, 2.05) is 0 Å². The second kappa shape index (κ2) is 8.11. The van der Waals surface area contributed by atoms with Gasteiger partial charge in [-0.05, 0) is 36.8 Å². The zero-order chi connectivity index (χ0) is 18.4. The van der Waals surface area contributed by atoms with Crippen LogP contribution in [-0.4, -0.2) is 18.9 Å². The first-order valence-corrected chi connectivity index (χ1v) is 7.65. The van der Waals surface area contributed by atoms with E-state index in [0.717, 1.165) is 0 Å². The van der Waals surface area contributed by atoms with E-state index in [1.165, 1.54) is 24.3 Å². The molecule has 8 heteroatoms. The Kier molecular flexibility index (Phi) is 6.14. The maximum absolute atomic E-state index is 12.1. The van der Waals surface area contributed by atoms with Crippen LogP contribution in [0.25, 0.3) is 0 Å². The van der Waals surface area contributed by atoms with Crippen molar-refractivity contribution in [1.82, 2.24) is 5.32 Å². The lowest BCUT2D eigenvalue weighted by atomic mass is 10.1. The molecule has 0 bridgehead atoms. The van der Waals surface area contributed by atoms with Gasteiger partial charge in [-0.15, -0.1) is 13.2 Å². The highest BCUT2D eigenvalue weighted by Gasteiger charge is 2.31. The van der Waals surface area contributed by atoms with Crippen LogP contribution in [0.2, 0.25) is 5.02 Å². The summed E-state index contributed by atoms with van der Waals surface area (Å²) in [7, 11) is 0. The van der Waals surface area contributed by atoms with Gasteiger partial charge >= 0.3 is 6.36 Å². The Labute approximate surface area is 147 Å². The highest BCUT2D eigenvalue weighted by atomic mass is 35.5. The fourth-order valence-electron chi connectivity index (χ4n) is 2.03. The van der Waals surface area contributed by atoms with Crippen molar-refractivity contribution in [3.05, 3.63) is 59.1 Å². The van der Waals surface area contributed by atoms with Gasteiger partial charge in [-0.3, -0.25) is 4.79 Å². The SMILES string of the molecule is CC(NC(=O)COc1ccccc1Cl)c1ccc(OC(F)(F)F)cc1. The number of halogens is 4. The molecule has 1 amide bonds.